The van der Waals surface area contributed by atoms with Crippen LogP contribution >= 0.6 is 0 Å². The molecule has 5 heteroatoms. The van der Waals surface area contributed by atoms with Crippen molar-refractivity contribution >= 4 is 22.9 Å². The number of amides is 1. The Kier molecular flexibility index (Phi) is 5.18. The normalized spacial score (nSPS) is 18.5. The van der Waals surface area contributed by atoms with Crippen LogP contribution in [-0.2, 0) is 6.54 Å². The van der Waals surface area contributed by atoms with Crippen molar-refractivity contribution in [2.75, 3.05) is 13.1 Å². The van der Waals surface area contributed by atoms with Crippen molar-refractivity contribution in [1.29, 1.82) is 0 Å². The second-order valence-corrected chi connectivity index (χ2v) is 8.33. The average Bonchev–Trinajstić information content (AvgIpc) is 3.22. The Morgan fingerprint density at radius 3 is 2.81 bits per heavy atom. The summed E-state index contributed by atoms with van der Waals surface area (Å²) in [6.45, 7) is 2.91. The van der Waals surface area contributed by atoms with Crippen LogP contribution in [0.15, 0.2) is 84.2 Å². The van der Waals surface area contributed by atoms with Gasteiger partial charge < -0.3 is 16.0 Å². The first kappa shape index (κ1) is 19.4. The number of aromatic amines is 1. The molecule has 156 valence electrons. The number of likely N-dealkylation sites (tertiary alicyclic amines) is 1. The monoisotopic (exact) mass is 410 g/mol. The Balaban J connectivity index is 1.15. The van der Waals surface area contributed by atoms with Crippen LogP contribution in [-0.4, -0.2) is 34.9 Å². The lowest BCUT2D eigenvalue weighted by Crippen LogP contribution is -2.39. The molecule has 1 unspecified atom stereocenters. The third-order valence-electron chi connectivity index (χ3n) is 5.93. The van der Waals surface area contributed by atoms with Gasteiger partial charge in [-0.1, -0.05) is 42.5 Å². The summed E-state index contributed by atoms with van der Waals surface area (Å²) in [5.41, 5.74) is 12.4. The maximum atomic E-state index is 12.5. The molecule has 4 N–H and O–H groups in total. The Bertz CT molecular complexity index is 1190. The van der Waals surface area contributed by atoms with Gasteiger partial charge in [0.1, 0.15) is 0 Å². The summed E-state index contributed by atoms with van der Waals surface area (Å²) in [6, 6.07) is 16.3. The lowest BCUT2D eigenvalue weighted by Gasteiger charge is -2.34. The molecule has 31 heavy (non-hydrogen) atoms. The largest absolute Gasteiger partial charge is 0.400 e. The molecule has 1 saturated heterocycles. The van der Waals surface area contributed by atoms with Crippen LogP contribution in [0.2, 0.25) is 0 Å². The molecule has 1 aromatic heterocycles. The summed E-state index contributed by atoms with van der Waals surface area (Å²) in [7, 11) is 0. The van der Waals surface area contributed by atoms with Crippen LogP contribution in [0.3, 0.4) is 0 Å². The van der Waals surface area contributed by atoms with Gasteiger partial charge in [-0.25, -0.2) is 0 Å². The summed E-state index contributed by atoms with van der Waals surface area (Å²) >= 11 is 0. The van der Waals surface area contributed by atoms with Crippen LogP contribution in [0.5, 0.6) is 0 Å². The van der Waals surface area contributed by atoms with E-state index in [1.165, 1.54) is 22.0 Å². The fourth-order valence-corrected chi connectivity index (χ4v) is 4.18. The number of aromatic nitrogens is 1. The molecular formula is C26H26N4O. The Morgan fingerprint density at radius 1 is 1.16 bits per heavy atom. The fraction of sp³-hybridized carbons (Fsp3) is 0.192. The number of rotatable bonds is 5. The molecule has 0 bridgehead atoms. The molecule has 1 atom stereocenters. The van der Waals surface area contributed by atoms with E-state index in [1.807, 2.05) is 48.7 Å². The zero-order chi connectivity index (χ0) is 21.2. The molecule has 5 nitrogen and oxygen atoms in total. The minimum atomic E-state index is -0.127. The topological polar surface area (TPSA) is 74.2 Å². The van der Waals surface area contributed by atoms with Gasteiger partial charge in [-0.2, -0.15) is 0 Å². The minimum absolute atomic E-state index is 0.0929. The first-order chi connectivity index (χ1) is 15.1. The SMILES string of the molecule is NC1=CC=CCC1NC(=O)c1ccc(C=C2CN(Cc3ccc4cc[nH]c4c3)C2)cc1. The molecule has 2 aromatic carbocycles. The van der Waals surface area contributed by atoms with E-state index in [-0.39, 0.29) is 11.9 Å². The first-order valence-electron chi connectivity index (χ1n) is 10.6. The number of allylic oxidation sites excluding steroid dienone is 2. The highest BCUT2D eigenvalue weighted by Gasteiger charge is 2.20. The quantitative estimate of drug-likeness (QED) is 0.596. The number of benzene rings is 2. The van der Waals surface area contributed by atoms with E-state index in [2.05, 4.69) is 45.5 Å². The zero-order valence-electron chi connectivity index (χ0n) is 17.3. The van der Waals surface area contributed by atoms with Gasteiger partial charge in [0.2, 0.25) is 0 Å². The Morgan fingerprint density at radius 2 is 2.00 bits per heavy atom. The van der Waals surface area contributed by atoms with Crippen molar-refractivity contribution in [2.45, 2.75) is 19.0 Å². The second-order valence-electron chi connectivity index (χ2n) is 8.33. The summed E-state index contributed by atoms with van der Waals surface area (Å²) in [6.07, 6.45) is 10.7. The van der Waals surface area contributed by atoms with Crippen LogP contribution in [0, 0.1) is 0 Å². The third kappa shape index (κ3) is 4.32. The van der Waals surface area contributed by atoms with Crippen molar-refractivity contribution in [1.82, 2.24) is 15.2 Å². The van der Waals surface area contributed by atoms with Gasteiger partial charge in [0.05, 0.1) is 6.04 Å². The number of nitrogens with one attached hydrogen (secondary N) is 2. The van der Waals surface area contributed by atoms with E-state index in [1.54, 1.807) is 0 Å². The third-order valence-corrected chi connectivity index (χ3v) is 5.93. The second kappa shape index (κ2) is 8.28. The molecule has 1 fully saturated rings. The van der Waals surface area contributed by atoms with E-state index < -0.39 is 0 Å². The standard InChI is InChI=1S/C26H26N4O/c27-23-3-1-2-4-24(23)29-26(31)22-9-5-18(6-10-22)13-20-16-30(17-20)15-19-7-8-21-11-12-28-25(21)14-19/h1-3,5-14,24,28H,4,15-17,27H2,(H,29,31). The van der Waals surface area contributed by atoms with Gasteiger partial charge in [0.15, 0.2) is 0 Å². The number of nitrogens with zero attached hydrogens (tertiary/aromatic N) is 1. The van der Waals surface area contributed by atoms with Crippen LogP contribution in [0.1, 0.15) is 27.9 Å². The molecule has 1 aliphatic heterocycles. The first-order valence-corrected chi connectivity index (χ1v) is 10.6. The van der Waals surface area contributed by atoms with Crippen LogP contribution in [0.25, 0.3) is 17.0 Å². The van der Waals surface area contributed by atoms with Gasteiger partial charge in [0, 0.05) is 42.6 Å². The molecule has 3 aromatic rings. The molecule has 0 radical (unpaired) electrons. The number of hydrogen-bond acceptors (Lipinski definition) is 3. The number of hydrogen-bond donors (Lipinski definition) is 3. The molecule has 2 heterocycles. The Labute approximate surface area is 181 Å². The lowest BCUT2D eigenvalue weighted by molar-refractivity contribution is 0.0942. The molecule has 5 rings (SSSR count). The lowest BCUT2D eigenvalue weighted by atomic mass is 10.0. The molecule has 0 spiro atoms. The molecule has 1 aliphatic carbocycles. The van der Waals surface area contributed by atoms with E-state index >= 15 is 0 Å². The number of carbonyl (C=O) groups is 1. The number of nitrogens with two attached hydrogens (primary N) is 1. The van der Waals surface area contributed by atoms with Gasteiger partial charge in [0.25, 0.3) is 5.91 Å². The van der Waals surface area contributed by atoms with Gasteiger partial charge in [-0.3, -0.25) is 9.69 Å². The van der Waals surface area contributed by atoms with E-state index in [9.17, 15) is 4.79 Å². The molecule has 2 aliphatic rings. The number of carbonyl (C=O) groups excluding carboxylic acids is 1. The van der Waals surface area contributed by atoms with Crippen LogP contribution < -0.4 is 11.1 Å². The highest BCUT2D eigenvalue weighted by Crippen LogP contribution is 2.22. The molecular weight excluding hydrogens is 384 g/mol. The van der Waals surface area contributed by atoms with Crippen molar-refractivity contribution < 1.29 is 4.79 Å². The number of fused-ring (bicyclic) bond motifs is 1. The number of H-pyrrole nitrogens is 1. The van der Waals surface area contributed by atoms with Gasteiger partial charge in [-0.15, -0.1) is 0 Å². The maximum absolute atomic E-state index is 12.5. The summed E-state index contributed by atoms with van der Waals surface area (Å²) < 4.78 is 0. The minimum Gasteiger partial charge on any atom is -0.400 e. The zero-order valence-corrected chi connectivity index (χ0v) is 17.3. The Hall–Kier alpha value is -3.57. The summed E-state index contributed by atoms with van der Waals surface area (Å²) in [5, 5.41) is 4.25. The summed E-state index contributed by atoms with van der Waals surface area (Å²) in [4.78, 5) is 18.2. The highest BCUT2D eigenvalue weighted by molar-refractivity contribution is 5.94. The van der Waals surface area contributed by atoms with Crippen molar-refractivity contribution in [2.24, 2.45) is 5.73 Å². The van der Waals surface area contributed by atoms with E-state index in [4.69, 9.17) is 5.73 Å². The predicted octanol–water partition coefficient (Wildman–Crippen LogP) is 3.97. The van der Waals surface area contributed by atoms with Crippen molar-refractivity contribution in [3.63, 3.8) is 0 Å². The van der Waals surface area contributed by atoms with Gasteiger partial charge in [-0.05, 0) is 58.8 Å². The van der Waals surface area contributed by atoms with Gasteiger partial charge >= 0.3 is 0 Å². The molecule has 1 amide bonds. The van der Waals surface area contributed by atoms with E-state index in [0.717, 1.165) is 31.6 Å². The maximum Gasteiger partial charge on any atom is 0.251 e. The smallest absolute Gasteiger partial charge is 0.251 e. The van der Waals surface area contributed by atoms with Crippen molar-refractivity contribution in [3.05, 3.63) is 101 Å². The van der Waals surface area contributed by atoms with Crippen LogP contribution in [0.4, 0.5) is 0 Å². The fourth-order valence-electron chi connectivity index (χ4n) is 4.18. The van der Waals surface area contributed by atoms with E-state index in [0.29, 0.717) is 11.3 Å². The average molecular weight is 411 g/mol. The van der Waals surface area contributed by atoms with Crippen molar-refractivity contribution in [3.8, 4) is 0 Å². The predicted molar refractivity (Wildman–Crippen MR) is 125 cm³/mol. The molecule has 0 saturated carbocycles. The highest BCUT2D eigenvalue weighted by atomic mass is 16.1. The summed E-state index contributed by atoms with van der Waals surface area (Å²) in [5.74, 6) is -0.0929.